The third-order valence-corrected chi connectivity index (χ3v) is 5.19. The van der Waals surface area contributed by atoms with E-state index >= 15 is 0 Å². The highest BCUT2D eigenvalue weighted by molar-refractivity contribution is 5.92. The molecule has 3 aromatic rings. The number of hydrogen-bond acceptors (Lipinski definition) is 5. The Hall–Kier alpha value is -3.17. The van der Waals surface area contributed by atoms with Crippen LogP contribution in [0.1, 0.15) is 22.6 Å². The van der Waals surface area contributed by atoms with Crippen LogP contribution in [0, 0.1) is 0 Å². The number of anilines is 1. The minimum atomic E-state index is -4.46. The molecule has 3 aromatic heterocycles. The Labute approximate surface area is 167 Å². The van der Waals surface area contributed by atoms with Crippen LogP contribution in [0.2, 0.25) is 0 Å². The monoisotopic (exact) mass is 408 g/mol. The molecule has 10 heteroatoms. The Kier molecular flexibility index (Phi) is 4.64. The molecule has 0 aliphatic carbocycles. The van der Waals surface area contributed by atoms with Crippen LogP contribution in [0.15, 0.2) is 36.8 Å². The molecule has 0 aromatic carbocycles. The zero-order valence-corrected chi connectivity index (χ0v) is 15.6. The number of nitrogens with one attached hydrogen (secondary N) is 2. The molecule has 0 bridgehead atoms. The second-order valence-corrected chi connectivity index (χ2v) is 7.17. The number of carbonyl (C=O) groups is 1. The minimum absolute atomic E-state index is 0. The Balaban J connectivity index is 0.00000171. The second kappa shape index (κ2) is 7.02. The van der Waals surface area contributed by atoms with Crippen LogP contribution in [-0.4, -0.2) is 50.6 Å². The van der Waals surface area contributed by atoms with Gasteiger partial charge in [0, 0.05) is 38.9 Å². The molecule has 4 heterocycles. The summed E-state index contributed by atoms with van der Waals surface area (Å²) in [5.41, 5.74) is 0.352. The van der Waals surface area contributed by atoms with Gasteiger partial charge < -0.3 is 15.2 Å². The molecule has 1 atom stereocenters. The molecule has 1 saturated heterocycles. The Bertz CT molecular complexity index is 1060. The lowest BCUT2D eigenvalue weighted by molar-refractivity contribution is -0.141. The van der Waals surface area contributed by atoms with E-state index in [-0.39, 0.29) is 2.85 Å². The quantitative estimate of drug-likeness (QED) is 0.690. The molecular weight excluding hydrogens is 385 g/mol. The standard InChI is InChI=1S/C19H19F3N6O.2H2/c1-18(17(29)26-11-19(20,21)22)6-3-9-28(18)14-5-8-24-16(27-14)13-10-25-15-12(13)4-2-7-23-15;;/h2,4-5,7-8,10H,3,6,9,11H2,1H3,(H,23,25)(H,26,29);2*1H/t18-;;/m1../s1. The van der Waals surface area contributed by atoms with E-state index < -0.39 is 24.2 Å². The molecule has 1 fully saturated rings. The molecule has 156 valence electrons. The number of fused-ring (bicyclic) bond motifs is 1. The zero-order valence-electron chi connectivity index (χ0n) is 15.6. The number of carbonyl (C=O) groups excluding carboxylic acids is 1. The van der Waals surface area contributed by atoms with Crippen molar-refractivity contribution in [3.05, 3.63) is 36.8 Å². The van der Waals surface area contributed by atoms with E-state index in [2.05, 4.69) is 19.9 Å². The molecule has 0 spiro atoms. The summed E-state index contributed by atoms with van der Waals surface area (Å²) in [5, 5.41) is 2.87. The Morgan fingerprint density at radius 3 is 2.97 bits per heavy atom. The number of amides is 1. The summed E-state index contributed by atoms with van der Waals surface area (Å²) in [6, 6.07) is 5.37. The van der Waals surface area contributed by atoms with Gasteiger partial charge in [0.25, 0.3) is 0 Å². The number of alkyl halides is 3. The number of halogens is 3. The van der Waals surface area contributed by atoms with Crippen LogP contribution in [-0.2, 0) is 4.79 Å². The molecule has 2 N–H and O–H groups in total. The second-order valence-electron chi connectivity index (χ2n) is 7.17. The first-order valence-electron chi connectivity index (χ1n) is 9.16. The summed E-state index contributed by atoms with van der Waals surface area (Å²) in [6.07, 6.45) is 1.67. The van der Waals surface area contributed by atoms with Crippen molar-refractivity contribution in [2.45, 2.75) is 31.5 Å². The van der Waals surface area contributed by atoms with Crippen LogP contribution in [0.4, 0.5) is 19.0 Å². The van der Waals surface area contributed by atoms with E-state index in [1.54, 1.807) is 36.5 Å². The number of H-pyrrole nitrogens is 1. The maximum absolute atomic E-state index is 12.6. The molecule has 4 rings (SSSR count). The van der Waals surface area contributed by atoms with E-state index in [0.717, 1.165) is 10.9 Å². The number of aromatic nitrogens is 4. The number of pyridine rings is 1. The third kappa shape index (κ3) is 3.62. The van der Waals surface area contributed by atoms with Gasteiger partial charge in [0.15, 0.2) is 5.82 Å². The Morgan fingerprint density at radius 2 is 2.17 bits per heavy atom. The van der Waals surface area contributed by atoms with Crippen molar-refractivity contribution in [1.82, 2.24) is 25.3 Å². The fourth-order valence-electron chi connectivity index (χ4n) is 3.71. The van der Waals surface area contributed by atoms with E-state index in [4.69, 9.17) is 0 Å². The number of rotatable bonds is 4. The molecule has 0 saturated carbocycles. The van der Waals surface area contributed by atoms with E-state index in [1.165, 1.54) is 0 Å². The SMILES string of the molecule is C[C@]1(C(=O)NCC(F)(F)F)CCCN1c1ccnc(-c2c[nH]c3ncccc23)n1.[HH].[HH]. The lowest BCUT2D eigenvalue weighted by Gasteiger charge is -2.35. The summed E-state index contributed by atoms with van der Waals surface area (Å²) < 4.78 is 37.6. The highest BCUT2D eigenvalue weighted by Crippen LogP contribution is 2.34. The summed E-state index contributed by atoms with van der Waals surface area (Å²) in [5.74, 6) is 0.283. The van der Waals surface area contributed by atoms with Crippen molar-refractivity contribution in [2.24, 2.45) is 0 Å². The van der Waals surface area contributed by atoms with Gasteiger partial charge in [-0.2, -0.15) is 13.2 Å². The molecule has 0 radical (unpaired) electrons. The first-order chi connectivity index (χ1) is 13.8. The van der Waals surface area contributed by atoms with Crippen molar-refractivity contribution in [3.8, 4) is 11.4 Å². The van der Waals surface area contributed by atoms with E-state index in [9.17, 15) is 18.0 Å². The van der Waals surface area contributed by atoms with Crippen LogP contribution in [0.3, 0.4) is 0 Å². The normalized spacial score (nSPS) is 19.7. The maximum atomic E-state index is 12.6. The van der Waals surface area contributed by atoms with Gasteiger partial charge in [-0.1, -0.05) is 0 Å². The smallest absolute Gasteiger partial charge is 0.345 e. The van der Waals surface area contributed by atoms with Crippen LogP contribution in [0.25, 0.3) is 22.4 Å². The lowest BCUT2D eigenvalue weighted by Crippen LogP contribution is -2.55. The largest absolute Gasteiger partial charge is 0.405 e. The van der Waals surface area contributed by atoms with Crippen LogP contribution in [0.5, 0.6) is 0 Å². The van der Waals surface area contributed by atoms with Crippen molar-refractivity contribution >= 4 is 22.8 Å². The summed E-state index contributed by atoms with van der Waals surface area (Å²) in [6.45, 7) is 0.803. The average Bonchev–Trinajstić information content (AvgIpc) is 3.30. The molecule has 1 aliphatic rings. The van der Waals surface area contributed by atoms with Crippen molar-refractivity contribution < 1.29 is 20.8 Å². The molecule has 1 amide bonds. The van der Waals surface area contributed by atoms with Gasteiger partial charge in [0.2, 0.25) is 5.91 Å². The van der Waals surface area contributed by atoms with Gasteiger partial charge in [0.05, 0.1) is 0 Å². The van der Waals surface area contributed by atoms with Gasteiger partial charge in [-0.15, -0.1) is 0 Å². The van der Waals surface area contributed by atoms with Crippen LogP contribution >= 0.6 is 0 Å². The van der Waals surface area contributed by atoms with E-state index in [0.29, 0.717) is 36.7 Å². The predicted molar refractivity (Wildman–Crippen MR) is 105 cm³/mol. The summed E-state index contributed by atoms with van der Waals surface area (Å²) in [4.78, 5) is 30.6. The average molecular weight is 408 g/mol. The predicted octanol–water partition coefficient (Wildman–Crippen LogP) is 3.55. The lowest BCUT2D eigenvalue weighted by atomic mass is 9.97. The molecule has 0 unspecified atom stereocenters. The van der Waals surface area contributed by atoms with Gasteiger partial charge in [-0.3, -0.25) is 4.79 Å². The summed E-state index contributed by atoms with van der Waals surface area (Å²) >= 11 is 0. The first-order valence-corrected chi connectivity index (χ1v) is 9.16. The van der Waals surface area contributed by atoms with Gasteiger partial charge in [-0.05, 0) is 38.0 Å². The van der Waals surface area contributed by atoms with Crippen molar-refractivity contribution in [3.63, 3.8) is 0 Å². The van der Waals surface area contributed by atoms with Gasteiger partial charge in [0.1, 0.15) is 23.5 Å². The van der Waals surface area contributed by atoms with E-state index in [1.807, 2.05) is 17.4 Å². The number of hydrogen-bond donors (Lipinski definition) is 2. The number of aromatic amines is 1. The molecular formula is C19H23F3N6O. The highest BCUT2D eigenvalue weighted by Gasteiger charge is 2.45. The third-order valence-electron chi connectivity index (χ3n) is 5.19. The zero-order chi connectivity index (χ0) is 20.6. The first kappa shape index (κ1) is 19.2. The summed E-state index contributed by atoms with van der Waals surface area (Å²) in [7, 11) is 0. The molecule has 1 aliphatic heterocycles. The fraction of sp³-hybridized carbons (Fsp3) is 0.368. The topological polar surface area (TPSA) is 86.8 Å². The van der Waals surface area contributed by atoms with Gasteiger partial charge >= 0.3 is 6.18 Å². The molecule has 29 heavy (non-hydrogen) atoms. The minimum Gasteiger partial charge on any atom is -0.345 e. The maximum Gasteiger partial charge on any atom is 0.405 e. The fourth-order valence-corrected chi connectivity index (χ4v) is 3.71. The van der Waals surface area contributed by atoms with Crippen molar-refractivity contribution in [1.29, 1.82) is 0 Å². The highest BCUT2D eigenvalue weighted by atomic mass is 19.4. The van der Waals surface area contributed by atoms with Crippen LogP contribution < -0.4 is 10.2 Å². The number of nitrogens with zero attached hydrogens (tertiary/aromatic N) is 4. The van der Waals surface area contributed by atoms with Crippen molar-refractivity contribution in [2.75, 3.05) is 18.0 Å². The molecule has 7 nitrogen and oxygen atoms in total. The Morgan fingerprint density at radius 1 is 1.34 bits per heavy atom. The van der Waals surface area contributed by atoms with Gasteiger partial charge in [-0.25, -0.2) is 15.0 Å².